The molecule has 3 aromatic carbocycles. The van der Waals surface area contributed by atoms with Crippen molar-refractivity contribution >= 4 is 65.6 Å². The van der Waals surface area contributed by atoms with Gasteiger partial charge in [0.05, 0.1) is 5.56 Å². The van der Waals surface area contributed by atoms with Crippen molar-refractivity contribution in [1.29, 1.82) is 0 Å². The minimum atomic E-state index is -1.34. The lowest BCUT2D eigenvalue weighted by atomic mass is 9.77. The van der Waals surface area contributed by atoms with E-state index in [1.807, 2.05) is 0 Å². The first kappa shape index (κ1) is 25.6. The van der Waals surface area contributed by atoms with Gasteiger partial charge in [0.2, 0.25) is 16.5 Å². The molecular formula is C23H14Cl4N4O5. The van der Waals surface area contributed by atoms with Crippen LogP contribution in [0.2, 0.25) is 10.6 Å². The molecule has 0 radical (unpaired) electrons. The summed E-state index contributed by atoms with van der Waals surface area (Å²) in [5.74, 6) is 0.113. The number of aromatic nitrogens is 3. The zero-order chi connectivity index (χ0) is 23.6. The Bertz CT molecular complexity index is 1460. The number of hydrogen-bond donors (Lipinski definition) is 3. The van der Waals surface area contributed by atoms with Crippen LogP contribution in [0, 0.1) is 0 Å². The summed E-state index contributed by atoms with van der Waals surface area (Å²) in [5, 5.41) is 22.8. The fraction of sp³-hybridized carbons (Fsp3) is 0.0435. The highest BCUT2D eigenvalue weighted by Crippen LogP contribution is 2.57. The number of carbonyl (C=O) groups is 1. The molecule has 0 saturated heterocycles. The maximum Gasteiger partial charge on any atom is 0.340 e. The highest BCUT2D eigenvalue weighted by molar-refractivity contribution is 6.31. The number of esters is 1. The van der Waals surface area contributed by atoms with Crippen molar-refractivity contribution in [3.05, 3.63) is 87.4 Å². The van der Waals surface area contributed by atoms with Crippen molar-refractivity contribution in [1.82, 2.24) is 15.0 Å². The normalized spacial score (nSPS) is 13.8. The molecule has 4 aromatic rings. The van der Waals surface area contributed by atoms with Gasteiger partial charge in [-0.15, -0.1) is 24.8 Å². The lowest BCUT2D eigenvalue weighted by Gasteiger charge is -2.36. The van der Waals surface area contributed by atoms with Crippen molar-refractivity contribution in [3.8, 4) is 23.0 Å². The number of nitrogens with zero attached hydrogens (tertiary/aromatic N) is 3. The van der Waals surface area contributed by atoms with Gasteiger partial charge in [-0.3, -0.25) is 0 Å². The third kappa shape index (κ3) is 3.90. The number of rotatable bonds is 2. The number of hydrogen-bond acceptors (Lipinski definition) is 9. The van der Waals surface area contributed by atoms with E-state index >= 15 is 0 Å². The number of nitrogens with one attached hydrogen (secondary N) is 1. The van der Waals surface area contributed by atoms with E-state index in [0.29, 0.717) is 39.4 Å². The van der Waals surface area contributed by atoms with E-state index in [4.69, 9.17) is 32.7 Å². The maximum atomic E-state index is 13.1. The van der Waals surface area contributed by atoms with E-state index in [1.54, 1.807) is 30.3 Å². The molecule has 13 heteroatoms. The summed E-state index contributed by atoms with van der Waals surface area (Å²) in [5.41, 5.74) is 1.09. The zero-order valence-corrected chi connectivity index (χ0v) is 20.9. The number of ether oxygens (including phenoxy) is 2. The summed E-state index contributed by atoms with van der Waals surface area (Å²) < 4.78 is 12.0. The first-order valence-electron chi connectivity index (χ1n) is 9.90. The number of carbonyl (C=O) groups excluding carboxylic acids is 1. The predicted molar refractivity (Wildman–Crippen MR) is 136 cm³/mol. The highest BCUT2D eigenvalue weighted by atomic mass is 35.5. The van der Waals surface area contributed by atoms with E-state index < -0.39 is 11.6 Å². The number of phenolic OH excluding ortho intramolecular Hbond substituents is 2. The van der Waals surface area contributed by atoms with Gasteiger partial charge in [-0.1, -0.05) is 6.07 Å². The van der Waals surface area contributed by atoms with Crippen molar-refractivity contribution < 1.29 is 24.5 Å². The molecule has 6 rings (SSSR count). The molecule has 1 spiro atoms. The van der Waals surface area contributed by atoms with Crippen molar-refractivity contribution in [2.24, 2.45) is 0 Å². The first-order chi connectivity index (χ1) is 16.3. The van der Waals surface area contributed by atoms with Crippen LogP contribution in [0.25, 0.3) is 0 Å². The van der Waals surface area contributed by atoms with Gasteiger partial charge in [-0.05, 0) is 59.6 Å². The van der Waals surface area contributed by atoms with Gasteiger partial charge in [0.1, 0.15) is 23.0 Å². The quantitative estimate of drug-likeness (QED) is 0.260. The third-order valence-corrected chi connectivity index (χ3v) is 5.95. The molecule has 3 N–H and O–H groups in total. The molecule has 0 bridgehead atoms. The Morgan fingerprint density at radius 3 is 1.92 bits per heavy atom. The lowest BCUT2D eigenvalue weighted by Crippen LogP contribution is -2.32. The molecule has 0 aliphatic carbocycles. The minimum absolute atomic E-state index is 0. The van der Waals surface area contributed by atoms with E-state index in [1.165, 1.54) is 24.3 Å². The molecule has 0 fully saturated rings. The molecule has 9 nitrogen and oxygen atoms in total. The monoisotopic (exact) mass is 566 g/mol. The van der Waals surface area contributed by atoms with Crippen LogP contribution in [0.5, 0.6) is 23.0 Å². The minimum Gasteiger partial charge on any atom is -0.508 e. The van der Waals surface area contributed by atoms with E-state index in [0.717, 1.165) is 0 Å². The van der Waals surface area contributed by atoms with Crippen LogP contribution in [0.15, 0.2) is 54.6 Å². The molecule has 184 valence electrons. The van der Waals surface area contributed by atoms with E-state index in [-0.39, 0.29) is 52.8 Å². The topological polar surface area (TPSA) is 127 Å². The van der Waals surface area contributed by atoms with Crippen LogP contribution in [-0.4, -0.2) is 31.1 Å². The number of benzene rings is 3. The molecule has 0 unspecified atom stereocenters. The summed E-state index contributed by atoms with van der Waals surface area (Å²) in [6.45, 7) is 0. The molecule has 0 atom stereocenters. The van der Waals surface area contributed by atoms with Gasteiger partial charge < -0.3 is 25.0 Å². The summed E-state index contributed by atoms with van der Waals surface area (Å²) in [4.78, 5) is 24.8. The van der Waals surface area contributed by atoms with Crippen LogP contribution in [0.3, 0.4) is 0 Å². The summed E-state index contributed by atoms with van der Waals surface area (Å²) in [6, 6.07) is 14.2. The van der Waals surface area contributed by atoms with Crippen molar-refractivity contribution in [3.63, 3.8) is 0 Å². The van der Waals surface area contributed by atoms with Crippen LogP contribution in [-0.2, 0) is 10.3 Å². The number of halogens is 4. The Labute approximate surface area is 225 Å². The highest BCUT2D eigenvalue weighted by Gasteiger charge is 2.53. The Morgan fingerprint density at radius 1 is 0.778 bits per heavy atom. The second-order valence-electron chi connectivity index (χ2n) is 7.62. The Morgan fingerprint density at radius 2 is 1.33 bits per heavy atom. The summed E-state index contributed by atoms with van der Waals surface area (Å²) >= 11 is 11.7. The van der Waals surface area contributed by atoms with Gasteiger partial charge in [0.25, 0.3) is 0 Å². The van der Waals surface area contributed by atoms with Crippen molar-refractivity contribution in [2.45, 2.75) is 5.60 Å². The number of phenols is 2. The largest absolute Gasteiger partial charge is 0.508 e. The standard InChI is InChI=1S/C23H12Cl2N4O5.2ClH/c24-20-27-21(25)29-22(28-20)26-10-1-4-14-13(7-10)19(32)34-23(14)15-5-2-11(30)8-17(15)33-18-9-12(31)3-6-16(18)23;;/h1-9,30-31H,(H,26,27,28,29);2*1H. The lowest BCUT2D eigenvalue weighted by molar-refractivity contribution is 0.0224. The van der Waals surface area contributed by atoms with E-state index in [9.17, 15) is 15.0 Å². The number of fused-ring (bicyclic) bond motifs is 6. The second kappa shape index (κ2) is 9.18. The summed E-state index contributed by atoms with van der Waals surface area (Å²) in [6.07, 6.45) is 0. The molecule has 1 aromatic heterocycles. The summed E-state index contributed by atoms with van der Waals surface area (Å²) in [7, 11) is 0. The van der Waals surface area contributed by atoms with Crippen LogP contribution < -0.4 is 10.1 Å². The van der Waals surface area contributed by atoms with Crippen LogP contribution in [0.4, 0.5) is 11.6 Å². The fourth-order valence-corrected chi connectivity index (χ4v) is 4.66. The Hall–Kier alpha value is -3.50. The predicted octanol–water partition coefficient (Wildman–Crippen LogP) is 5.74. The molecule has 0 saturated carbocycles. The Balaban J connectivity index is 0.00000152. The Kier molecular flexibility index (Phi) is 6.52. The molecule has 36 heavy (non-hydrogen) atoms. The molecule has 2 aliphatic heterocycles. The van der Waals surface area contributed by atoms with Crippen LogP contribution in [0.1, 0.15) is 27.0 Å². The van der Waals surface area contributed by atoms with Gasteiger partial charge in [-0.25, -0.2) is 4.79 Å². The van der Waals surface area contributed by atoms with Crippen LogP contribution >= 0.6 is 48.0 Å². The average Bonchev–Trinajstić information content (AvgIpc) is 3.05. The third-order valence-electron chi connectivity index (χ3n) is 5.61. The molecular weight excluding hydrogens is 554 g/mol. The van der Waals surface area contributed by atoms with Gasteiger partial charge in [-0.2, -0.15) is 15.0 Å². The smallest absolute Gasteiger partial charge is 0.340 e. The number of aromatic hydroxyl groups is 2. The second-order valence-corrected chi connectivity index (χ2v) is 8.29. The fourth-order valence-electron chi connectivity index (χ4n) is 4.29. The van der Waals surface area contributed by atoms with Gasteiger partial charge in [0, 0.05) is 34.5 Å². The number of anilines is 2. The first-order valence-corrected chi connectivity index (χ1v) is 10.7. The SMILES string of the molecule is Cl.Cl.O=C1OC2(c3ccc(O)cc3Oc3cc(O)ccc32)c2ccc(Nc3nc(Cl)nc(Cl)n3)cc21. The zero-order valence-electron chi connectivity index (χ0n) is 17.7. The molecule has 3 heterocycles. The maximum absolute atomic E-state index is 13.1. The van der Waals surface area contributed by atoms with Crippen molar-refractivity contribution in [2.75, 3.05) is 5.32 Å². The van der Waals surface area contributed by atoms with E-state index in [2.05, 4.69) is 20.3 Å². The molecule has 0 amide bonds. The van der Waals surface area contributed by atoms with Gasteiger partial charge in [0.15, 0.2) is 5.60 Å². The van der Waals surface area contributed by atoms with Gasteiger partial charge >= 0.3 is 5.97 Å². The average molecular weight is 568 g/mol. The molecule has 2 aliphatic rings.